The van der Waals surface area contributed by atoms with Crippen molar-refractivity contribution >= 4 is 11.6 Å². The number of hydrogen-bond donors (Lipinski definition) is 1. The number of nitrogens with zero attached hydrogens (tertiary/aromatic N) is 1. The first-order chi connectivity index (χ1) is 12.6. The fourth-order valence-electron chi connectivity index (χ4n) is 3.43. The van der Waals surface area contributed by atoms with E-state index < -0.39 is 0 Å². The molecule has 2 aromatic rings. The molecule has 1 saturated heterocycles. The molecule has 0 aliphatic carbocycles. The molecule has 1 fully saturated rings. The van der Waals surface area contributed by atoms with E-state index in [1.165, 1.54) is 11.3 Å². The highest BCUT2D eigenvalue weighted by atomic mass is 16.5. The van der Waals surface area contributed by atoms with Crippen LogP contribution in [0.1, 0.15) is 24.5 Å². The highest BCUT2D eigenvalue weighted by Gasteiger charge is 2.23. The second kappa shape index (κ2) is 8.75. The maximum atomic E-state index is 12.2. The van der Waals surface area contributed by atoms with Gasteiger partial charge < -0.3 is 15.0 Å². The summed E-state index contributed by atoms with van der Waals surface area (Å²) in [5, 5.41) is 3.10. The van der Waals surface area contributed by atoms with Crippen LogP contribution in [0.5, 0.6) is 5.75 Å². The highest BCUT2D eigenvalue weighted by molar-refractivity contribution is 5.78. The summed E-state index contributed by atoms with van der Waals surface area (Å²) in [6.45, 7) is 7.55. The van der Waals surface area contributed by atoms with Gasteiger partial charge in [0.25, 0.3) is 0 Å². The van der Waals surface area contributed by atoms with Gasteiger partial charge in [-0.2, -0.15) is 0 Å². The normalized spacial score (nSPS) is 16.5. The summed E-state index contributed by atoms with van der Waals surface area (Å²) in [5.74, 6) is 1.45. The van der Waals surface area contributed by atoms with E-state index in [9.17, 15) is 4.79 Å². The van der Waals surface area contributed by atoms with Crippen molar-refractivity contribution in [3.8, 4) is 5.75 Å². The first kappa shape index (κ1) is 18.3. The summed E-state index contributed by atoms with van der Waals surface area (Å²) < 4.78 is 5.43. The van der Waals surface area contributed by atoms with Crippen molar-refractivity contribution in [3.05, 3.63) is 59.7 Å². The van der Waals surface area contributed by atoms with Crippen LogP contribution in [0.2, 0.25) is 0 Å². The van der Waals surface area contributed by atoms with Crippen molar-refractivity contribution in [3.63, 3.8) is 0 Å². The number of amides is 1. The number of anilines is 1. The molecule has 1 atom stereocenters. The largest absolute Gasteiger partial charge is 0.494 e. The van der Waals surface area contributed by atoms with E-state index in [2.05, 4.69) is 41.4 Å². The summed E-state index contributed by atoms with van der Waals surface area (Å²) in [6, 6.07) is 16.4. The van der Waals surface area contributed by atoms with Gasteiger partial charge in [-0.25, -0.2) is 0 Å². The Morgan fingerprint density at radius 2 is 2.04 bits per heavy atom. The molecule has 4 nitrogen and oxygen atoms in total. The molecule has 2 aromatic carbocycles. The zero-order chi connectivity index (χ0) is 18.4. The van der Waals surface area contributed by atoms with E-state index in [4.69, 9.17) is 4.74 Å². The highest BCUT2D eigenvalue weighted by Crippen LogP contribution is 2.24. The summed E-state index contributed by atoms with van der Waals surface area (Å²) >= 11 is 0. The van der Waals surface area contributed by atoms with E-state index in [-0.39, 0.29) is 5.91 Å². The van der Waals surface area contributed by atoms with Crippen LogP contribution in [0, 0.1) is 12.8 Å². The Morgan fingerprint density at radius 3 is 2.77 bits per heavy atom. The Labute approximate surface area is 156 Å². The lowest BCUT2D eigenvalue weighted by atomic mass is 10.1. The summed E-state index contributed by atoms with van der Waals surface area (Å²) in [4.78, 5) is 14.6. The van der Waals surface area contributed by atoms with Crippen molar-refractivity contribution in [2.24, 2.45) is 5.92 Å². The van der Waals surface area contributed by atoms with Gasteiger partial charge in [0.1, 0.15) is 5.75 Å². The van der Waals surface area contributed by atoms with Gasteiger partial charge in [-0.3, -0.25) is 4.79 Å². The Bertz CT molecular complexity index is 727. The number of aryl methyl sites for hydroxylation is 1. The fourth-order valence-corrected chi connectivity index (χ4v) is 3.43. The van der Waals surface area contributed by atoms with Gasteiger partial charge in [0, 0.05) is 25.3 Å². The summed E-state index contributed by atoms with van der Waals surface area (Å²) in [7, 11) is 0. The maximum absolute atomic E-state index is 12.2. The third-order valence-corrected chi connectivity index (χ3v) is 4.84. The smallest absolute Gasteiger partial charge is 0.224 e. The number of carbonyl (C=O) groups excluding carboxylic acids is 1. The molecule has 1 aliphatic heterocycles. The van der Waals surface area contributed by atoms with Crippen LogP contribution in [0.15, 0.2) is 48.5 Å². The van der Waals surface area contributed by atoms with Gasteiger partial charge >= 0.3 is 0 Å². The van der Waals surface area contributed by atoms with Gasteiger partial charge in [0.05, 0.1) is 13.0 Å². The maximum Gasteiger partial charge on any atom is 0.224 e. The van der Waals surface area contributed by atoms with Crippen molar-refractivity contribution in [1.82, 2.24) is 5.32 Å². The molecule has 1 amide bonds. The number of ether oxygens (including phenoxy) is 1. The van der Waals surface area contributed by atoms with Crippen LogP contribution < -0.4 is 15.0 Å². The predicted octanol–water partition coefficient (Wildman–Crippen LogP) is 3.58. The molecule has 4 heteroatoms. The van der Waals surface area contributed by atoms with Crippen LogP contribution in [0.25, 0.3) is 0 Å². The number of rotatable bonds is 7. The number of nitrogens with one attached hydrogen (secondary N) is 1. The van der Waals surface area contributed by atoms with Gasteiger partial charge in [-0.15, -0.1) is 0 Å². The lowest BCUT2D eigenvalue weighted by Gasteiger charge is -2.19. The van der Waals surface area contributed by atoms with Crippen molar-refractivity contribution in [2.45, 2.75) is 26.7 Å². The van der Waals surface area contributed by atoms with Gasteiger partial charge in [0.2, 0.25) is 5.91 Å². The van der Waals surface area contributed by atoms with E-state index >= 15 is 0 Å². The first-order valence-corrected chi connectivity index (χ1v) is 9.44. The molecule has 1 heterocycles. The van der Waals surface area contributed by atoms with Crippen molar-refractivity contribution in [1.29, 1.82) is 0 Å². The number of benzene rings is 2. The fraction of sp³-hybridized carbons (Fsp3) is 0.409. The Hall–Kier alpha value is -2.49. The van der Waals surface area contributed by atoms with Crippen LogP contribution in [0.4, 0.5) is 5.69 Å². The molecular formula is C22H28N2O2. The molecule has 26 heavy (non-hydrogen) atoms. The standard InChI is InChI=1S/C22H28N2O2/c1-3-26-21-9-7-18(8-10-21)14-22(25)23-15-19-11-12-24(16-19)20-6-4-5-17(2)13-20/h4-10,13,19H,3,11-12,14-16H2,1-2H3,(H,23,25). The van der Waals surface area contributed by atoms with Crippen LogP contribution >= 0.6 is 0 Å². The Morgan fingerprint density at radius 1 is 1.23 bits per heavy atom. The molecular weight excluding hydrogens is 324 g/mol. The minimum Gasteiger partial charge on any atom is -0.494 e. The molecule has 0 radical (unpaired) electrons. The monoisotopic (exact) mass is 352 g/mol. The minimum atomic E-state index is 0.0863. The Kier molecular flexibility index (Phi) is 6.16. The van der Waals surface area contributed by atoms with Crippen LogP contribution in [-0.4, -0.2) is 32.1 Å². The zero-order valence-corrected chi connectivity index (χ0v) is 15.7. The summed E-state index contributed by atoms with van der Waals surface area (Å²) in [5.41, 5.74) is 3.58. The quantitative estimate of drug-likeness (QED) is 0.828. The van der Waals surface area contributed by atoms with E-state index in [0.29, 0.717) is 18.9 Å². The second-order valence-corrected chi connectivity index (χ2v) is 7.00. The van der Waals surface area contributed by atoms with Gasteiger partial charge in [-0.1, -0.05) is 24.3 Å². The average molecular weight is 352 g/mol. The number of hydrogen-bond acceptors (Lipinski definition) is 3. The molecule has 1 unspecified atom stereocenters. The van der Waals surface area contributed by atoms with Gasteiger partial charge in [0.15, 0.2) is 0 Å². The lowest BCUT2D eigenvalue weighted by Crippen LogP contribution is -2.32. The molecule has 1 N–H and O–H groups in total. The lowest BCUT2D eigenvalue weighted by molar-refractivity contribution is -0.120. The molecule has 138 valence electrons. The van der Waals surface area contributed by atoms with Crippen LogP contribution in [0.3, 0.4) is 0 Å². The topological polar surface area (TPSA) is 41.6 Å². The third kappa shape index (κ3) is 5.01. The number of carbonyl (C=O) groups is 1. The third-order valence-electron chi connectivity index (χ3n) is 4.84. The zero-order valence-electron chi connectivity index (χ0n) is 15.7. The molecule has 0 aromatic heterocycles. The Balaban J connectivity index is 1.43. The average Bonchev–Trinajstić information content (AvgIpc) is 3.11. The van der Waals surface area contributed by atoms with Crippen molar-refractivity contribution < 1.29 is 9.53 Å². The molecule has 0 saturated carbocycles. The molecule has 0 spiro atoms. The van der Waals surface area contributed by atoms with E-state index in [1.807, 2.05) is 31.2 Å². The SMILES string of the molecule is CCOc1ccc(CC(=O)NCC2CCN(c3cccc(C)c3)C2)cc1. The van der Waals surface area contributed by atoms with E-state index in [0.717, 1.165) is 37.4 Å². The second-order valence-electron chi connectivity index (χ2n) is 7.00. The summed E-state index contributed by atoms with van der Waals surface area (Å²) in [6.07, 6.45) is 1.54. The predicted molar refractivity (Wildman–Crippen MR) is 106 cm³/mol. The van der Waals surface area contributed by atoms with Gasteiger partial charge in [-0.05, 0) is 61.6 Å². The minimum absolute atomic E-state index is 0.0863. The molecule has 0 bridgehead atoms. The van der Waals surface area contributed by atoms with E-state index in [1.54, 1.807) is 0 Å². The van der Waals surface area contributed by atoms with Crippen LogP contribution in [-0.2, 0) is 11.2 Å². The molecule has 3 rings (SSSR count). The molecule has 1 aliphatic rings. The first-order valence-electron chi connectivity index (χ1n) is 9.44. The van der Waals surface area contributed by atoms with Crippen molar-refractivity contribution in [2.75, 3.05) is 31.1 Å².